The van der Waals surface area contributed by atoms with Crippen LogP contribution < -0.4 is 0 Å². The maximum Gasteiger partial charge on any atom is 0.334 e. The molecular weight excluding hydrogens is 176 g/mol. The number of esters is 1. The first-order valence-corrected chi connectivity index (χ1v) is 5.55. The Balaban J connectivity index is 2.82. The average Bonchev–Trinajstić information content (AvgIpc) is 2.57. The van der Waals surface area contributed by atoms with Gasteiger partial charge < -0.3 is 4.74 Å². The van der Waals surface area contributed by atoms with Gasteiger partial charge in [-0.3, -0.25) is 0 Å². The van der Waals surface area contributed by atoms with Crippen LogP contribution in [-0.4, -0.2) is 12.6 Å². The normalized spacial score (nSPS) is 16.1. The van der Waals surface area contributed by atoms with Crippen molar-refractivity contribution in [1.82, 2.24) is 0 Å². The van der Waals surface area contributed by atoms with Gasteiger partial charge in [-0.2, -0.15) is 0 Å². The summed E-state index contributed by atoms with van der Waals surface area (Å²) in [6, 6.07) is 0. The van der Waals surface area contributed by atoms with Gasteiger partial charge in [0.25, 0.3) is 0 Å². The predicted molar refractivity (Wildman–Crippen MR) is 57.0 cm³/mol. The molecule has 0 aromatic rings. The van der Waals surface area contributed by atoms with Crippen molar-refractivity contribution in [3.63, 3.8) is 0 Å². The minimum absolute atomic E-state index is 0.0978. The number of ether oxygens (including phenoxy) is 1. The Labute approximate surface area is 86.3 Å². The lowest BCUT2D eigenvalue weighted by atomic mass is 9.96. The van der Waals surface area contributed by atoms with Gasteiger partial charge in [0.05, 0.1) is 6.61 Å². The monoisotopic (exact) mass is 196 g/mol. The van der Waals surface area contributed by atoms with Crippen molar-refractivity contribution >= 4 is 5.97 Å². The van der Waals surface area contributed by atoms with E-state index in [4.69, 9.17) is 4.74 Å². The third-order valence-corrected chi connectivity index (χ3v) is 2.66. The van der Waals surface area contributed by atoms with Gasteiger partial charge in [0.15, 0.2) is 0 Å². The molecule has 0 radical (unpaired) electrons. The fourth-order valence-electron chi connectivity index (χ4n) is 2.07. The van der Waals surface area contributed by atoms with Gasteiger partial charge in [0.1, 0.15) is 0 Å². The van der Waals surface area contributed by atoms with E-state index < -0.39 is 0 Å². The highest BCUT2D eigenvalue weighted by atomic mass is 16.5. The standard InChI is InChI=1S/C12H20O2/c1-4-14-12(13)11(9(2)3)10-7-5-6-8-10/h9H,4-8H2,1-3H3. The zero-order valence-electron chi connectivity index (χ0n) is 9.43. The second-order valence-corrected chi connectivity index (χ2v) is 4.10. The van der Waals surface area contributed by atoms with E-state index in [1.807, 2.05) is 6.92 Å². The molecule has 0 bridgehead atoms. The van der Waals surface area contributed by atoms with Crippen molar-refractivity contribution in [2.75, 3.05) is 6.61 Å². The molecular formula is C12H20O2. The minimum Gasteiger partial charge on any atom is -0.463 e. The Morgan fingerprint density at radius 3 is 2.36 bits per heavy atom. The number of rotatable bonds is 3. The summed E-state index contributed by atoms with van der Waals surface area (Å²) < 4.78 is 5.08. The van der Waals surface area contributed by atoms with Crippen molar-refractivity contribution in [1.29, 1.82) is 0 Å². The topological polar surface area (TPSA) is 26.3 Å². The van der Waals surface area contributed by atoms with Crippen LogP contribution in [0.15, 0.2) is 11.1 Å². The van der Waals surface area contributed by atoms with Crippen LogP contribution in [0.4, 0.5) is 0 Å². The van der Waals surface area contributed by atoms with Crippen LogP contribution in [0.2, 0.25) is 0 Å². The second-order valence-electron chi connectivity index (χ2n) is 4.10. The molecule has 2 nitrogen and oxygen atoms in total. The third kappa shape index (κ3) is 2.60. The number of allylic oxidation sites excluding steroid dienone is 1. The van der Waals surface area contributed by atoms with E-state index in [0.29, 0.717) is 12.5 Å². The number of hydrogen-bond acceptors (Lipinski definition) is 2. The van der Waals surface area contributed by atoms with E-state index in [0.717, 1.165) is 18.4 Å². The summed E-state index contributed by atoms with van der Waals surface area (Å²) in [5.74, 6) is 0.196. The molecule has 0 saturated heterocycles. The highest BCUT2D eigenvalue weighted by molar-refractivity contribution is 5.89. The molecule has 0 aromatic carbocycles. The van der Waals surface area contributed by atoms with Crippen LogP contribution in [0.25, 0.3) is 0 Å². The highest BCUT2D eigenvalue weighted by Crippen LogP contribution is 2.30. The van der Waals surface area contributed by atoms with Crippen molar-refractivity contribution in [3.8, 4) is 0 Å². The van der Waals surface area contributed by atoms with Crippen LogP contribution in [0.1, 0.15) is 46.5 Å². The first-order valence-electron chi connectivity index (χ1n) is 5.55. The third-order valence-electron chi connectivity index (χ3n) is 2.66. The summed E-state index contributed by atoms with van der Waals surface area (Å²) in [6.07, 6.45) is 4.63. The molecule has 0 aliphatic heterocycles. The molecule has 1 fully saturated rings. The second kappa shape index (κ2) is 5.18. The summed E-state index contributed by atoms with van der Waals surface area (Å²) in [6.45, 7) is 6.46. The Morgan fingerprint density at radius 2 is 1.93 bits per heavy atom. The molecule has 1 rings (SSSR count). The molecule has 2 heteroatoms. The average molecular weight is 196 g/mol. The summed E-state index contributed by atoms with van der Waals surface area (Å²) in [5.41, 5.74) is 2.27. The molecule has 0 unspecified atom stereocenters. The van der Waals surface area contributed by atoms with Crippen LogP contribution in [-0.2, 0) is 9.53 Å². The Morgan fingerprint density at radius 1 is 1.36 bits per heavy atom. The van der Waals surface area contributed by atoms with E-state index in [2.05, 4.69) is 13.8 Å². The fourth-order valence-corrected chi connectivity index (χ4v) is 2.07. The van der Waals surface area contributed by atoms with Crippen LogP contribution >= 0.6 is 0 Å². The molecule has 0 N–H and O–H groups in total. The Kier molecular flexibility index (Phi) is 4.18. The molecule has 0 amide bonds. The maximum atomic E-state index is 11.7. The number of hydrogen-bond donors (Lipinski definition) is 0. The van der Waals surface area contributed by atoms with E-state index in [9.17, 15) is 4.79 Å². The van der Waals surface area contributed by atoms with Gasteiger partial charge in [-0.05, 0) is 38.5 Å². The quantitative estimate of drug-likeness (QED) is 0.512. The van der Waals surface area contributed by atoms with Crippen molar-refractivity contribution in [3.05, 3.63) is 11.1 Å². The zero-order valence-corrected chi connectivity index (χ0v) is 9.43. The molecule has 1 aliphatic carbocycles. The fraction of sp³-hybridized carbons (Fsp3) is 0.750. The Hall–Kier alpha value is -0.790. The van der Waals surface area contributed by atoms with Crippen molar-refractivity contribution < 1.29 is 9.53 Å². The molecule has 14 heavy (non-hydrogen) atoms. The molecule has 0 aromatic heterocycles. The first kappa shape index (κ1) is 11.3. The van der Waals surface area contributed by atoms with Gasteiger partial charge >= 0.3 is 5.97 Å². The van der Waals surface area contributed by atoms with E-state index in [1.54, 1.807) is 0 Å². The Bertz CT molecular complexity index is 231. The van der Waals surface area contributed by atoms with E-state index >= 15 is 0 Å². The van der Waals surface area contributed by atoms with Gasteiger partial charge in [0.2, 0.25) is 0 Å². The van der Waals surface area contributed by atoms with Crippen molar-refractivity contribution in [2.45, 2.75) is 46.5 Å². The largest absolute Gasteiger partial charge is 0.463 e. The highest BCUT2D eigenvalue weighted by Gasteiger charge is 2.21. The van der Waals surface area contributed by atoms with Gasteiger partial charge in [-0.15, -0.1) is 0 Å². The predicted octanol–water partition coefficient (Wildman–Crippen LogP) is 3.08. The molecule has 0 spiro atoms. The lowest BCUT2D eigenvalue weighted by molar-refractivity contribution is -0.139. The van der Waals surface area contributed by atoms with Gasteiger partial charge in [-0.25, -0.2) is 4.79 Å². The van der Waals surface area contributed by atoms with Gasteiger partial charge in [0, 0.05) is 5.57 Å². The maximum absolute atomic E-state index is 11.7. The van der Waals surface area contributed by atoms with Crippen LogP contribution in [0, 0.1) is 5.92 Å². The van der Waals surface area contributed by atoms with E-state index in [-0.39, 0.29) is 5.97 Å². The van der Waals surface area contributed by atoms with Crippen LogP contribution in [0.5, 0.6) is 0 Å². The molecule has 1 saturated carbocycles. The van der Waals surface area contributed by atoms with E-state index in [1.165, 1.54) is 18.4 Å². The summed E-state index contributed by atoms with van der Waals surface area (Å²) in [5, 5.41) is 0. The van der Waals surface area contributed by atoms with Crippen LogP contribution in [0.3, 0.4) is 0 Å². The summed E-state index contributed by atoms with van der Waals surface area (Å²) in [4.78, 5) is 11.7. The first-order chi connectivity index (χ1) is 6.66. The molecule has 80 valence electrons. The number of carbonyl (C=O) groups excluding carboxylic acids is 1. The summed E-state index contributed by atoms with van der Waals surface area (Å²) in [7, 11) is 0. The van der Waals surface area contributed by atoms with Gasteiger partial charge in [-0.1, -0.05) is 19.4 Å². The molecule has 0 heterocycles. The SMILES string of the molecule is CCOC(=O)C(=C1CCCC1)C(C)C. The van der Waals surface area contributed by atoms with Crippen molar-refractivity contribution in [2.24, 2.45) is 5.92 Å². The number of carbonyl (C=O) groups is 1. The zero-order chi connectivity index (χ0) is 10.6. The minimum atomic E-state index is -0.0978. The smallest absolute Gasteiger partial charge is 0.334 e. The molecule has 1 aliphatic rings. The molecule has 0 atom stereocenters. The lowest BCUT2D eigenvalue weighted by Gasteiger charge is -2.13. The summed E-state index contributed by atoms with van der Waals surface area (Å²) >= 11 is 0. The lowest BCUT2D eigenvalue weighted by Crippen LogP contribution is -2.14.